The first-order chi connectivity index (χ1) is 10.5. The van der Waals surface area contributed by atoms with Crippen LogP contribution in [0.1, 0.15) is 0 Å². The summed E-state index contributed by atoms with van der Waals surface area (Å²) in [4.78, 5) is 3.84. The molecular formula is C14H10Cl3N5. The number of rotatable bonds is 2. The van der Waals surface area contributed by atoms with Crippen molar-refractivity contribution >= 4 is 46.7 Å². The number of hydrogen-bond acceptors (Lipinski definition) is 4. The van der Waals surface area contributed by atoms with E-state index in [0.717, 1.165) is 5.56 Å². The second-order valence-corrected chi connectivity index (χ2v) is 5.73. The molecule has 0 radical (unpaired) electrons. The van der Waals surface area contributed by atoms with E-state index in [0.29, 0.717) is 26.3 Å². The Labute approximate surface area is 141 Å². The molecule has 0 atom stereocenters. The van der Waals surface area contributed by atoms with E-state index in [1.807, 2.05) is 18.2 Å². The van der Waals surface area contributed by atoms with Gasteiger partial charge >= 0.3 is 0 Å². The number of aromatic nitrogens is 3. The number of anilines is 2. The maximum atomic E-state index is 6.37. The normalized spacial score (nSPS) is 10.9. The number of nitrogens with two attached hydrogens (primary N) is 2. The quantitative estimate of drug-likeness (QED) is 0.727. The largest absolute Gasteiger partial charge is 0.368 e. The average Bonchev–Trinajstić information content (AvgIpc) is 2.79. The predicted octanol–water partition coefficient (Wildman–Crippen LogP) is 4.06. The summed E-state index contributed by atoms with van der Waals surface area (Å²) < 4.78 is 1.36. The summed E-state index contributed by atoms with van der Waals surface area (Å²) in [6, 6.07) is 10.7. The summed E-state index contributed by atoms with van der Waals surface area (Å²) in [5.41, 5.74) is 13.2. The van der Waals surface area contributed by atoms with Gasteiger partial charge in [-0.3, -0.25) is 0 Å². The van der Waals surface area contributed by atoms with E-state index in [4.69, 9.17) is 46.3 Å². The molecule has 4 N–H and O–H groups in total. The molecule has 3 aromatic rings. The third-order valence-corrected chi connectivity index (χ3v) is 3.99. The molecule has 1 aromatic heterocycles. The summed E-state index contributed by atoms with van der Waals surface area (Å²) in [7, 11) is 0. The molecule has 0 aliphatic carbocycles. The SMILES string of the molecule is Nc1nc(N)n(-c2cc(Cl)c(-c3ccccc3Cl)c(Cl)c2)n1. The molecule has 0 bridgehead atoms. The van der Waals surface area contributed by atoms with E-state index < -0.39 is 0 Å². The third-order valence-electron chi connectivity index (χ3n) is 3.06. The molecule has 0 fully saturated rings. The second kappa shape index (κ2) is 5.68. The van der Waals surface area contributed by atoms with Crippen LogP contribution in [0.25, 0.3) is 16.8 Å². The lowest BCUT2D eigenvalue weighted by Gasteiger charge is -2.12. The lowest BCUT2D eigenvalue weighted by molar-refractivity contribution is 0.896. The van der Waals surface area contributed by atoms with Crippen LogP contribution in [0.4, 0.5) is 11.9 Å². The fourth-order valence-corrected chi connectivity index (χ4v) is 3.04. The zero-order chi connectivity index (χ0) is 15.9. The first kappa shape index (κ1) is 15.0. The lowest BCUT2D eigenvalue weighted by atomic mass is 10.0. The number of halogens is 3. The second-order valence-electron chi connectivity index (χ2n) is 4.50. The Morgan fingerprint density at radius 2 is 1.55 bits per heavy atom. The van der Waals surface area contributed by atoms with Gasteiger partial charge in [-0.2, -0.15) is 9.67 Å². The lowest BCUT2D eigenvalue weighted by Crippen LogP contribution is -2.03. The van der Waals surface area contributed by atoms with Crippen LogP contribution in [0, 0.1) is 0 Å². The van der Waals surface area contributed by atoms with Crippen LogP contribution in [0.5, 0.6) is 0 Å². The Morgan fingerprint density at radius 1 is 0.909 bits per heavy atom. The van der Waals surface area contributed by atoms with Gasteiger partial charge in [-0.1, -0.05) is 53.0 Å². The molecule has 0 amide bonds. The highest BCUT2D eigenvalue weighted by Crippen LogP contribution is 2.40. The maximum Gasteiger partial charge on any atom is 0.241 e. The van der Waals surface area contributed by atoms with E-state index in [9.17, 15) is 0 Å². The summed E-state index contributed by atoms with van der Waals surface area (Å²) in [6.07, 6.45) is 0. The van der Waals surface area contributed by atoms with E-state index in [-0.39, 0.29) is 11.9 Å². The van der Waals surface area contributed by atoms with Crippen molar-refractivity contribution in [2.45, 2.75) is 0 Å². The monoisotopic (exact) mass is 353 g/mol. The topological polar surface area (TPSA) is 82.7 Å². The molecule has 0 saturated carbocycles. The van der Waals surface area contributed by atoms with Gasteiger partial charge in [-0.05, 0) is 18.2 Å². The summed E-state index contributed by atoms with van der Waals surface area (Å²) in [6.45, 7) is 0. The standard InChI is InChI=1S/C14H10Cl3N5/c15-9-4-2-1-3-8(9)12-10(16)5-7(6-11(12)17)22-14(19)20-13(18)21-22/h1-6H,(H4,18,19,20,21). The van der Waals surface area contributed by atoms with Crippen LogP contribution in [-0.4, -0.2) is 14.8 Å². The Morgan fingerprint density at radius 3 is 2.09 bits per heavy atom. The van der Waals surface area contributed by atoms with Crippen LogP contribution in [0.15, 0.2) is 36.4 Å². The molecule has 3 rings (SSSR count). The minimum Gasteiger partial charge on any atom is -0.368 e. The Kier molecular flexibility index (Phi) is 3.87. The fourth-order valence-electron chi connectivity index (χ4n) is 2.13. The smallest absolute Gasteiger partial charge is 0.241 e. The highest BCUT2D eigenvalue weighted by Gasteiger charge is 2.15. The van der Waals surface area contributed by atoms with E-state index >= 15 is 0 Å². The molecular weight excluding hydrogens is 345 g/mol. The molecule has 0 aliphatic rings. The number of nitrogen functional groups attached to an aromatic ring is 2. The molecule has 0 spiro atoms. The molecule has 1 heterocycles. The van der Waals surface area contributed by atoms with Gasteiger partial charge in [0, 0.05) is 16.1 Å². The van der Waals surface area contributed by atoms with Gasteiger partial charge in [0.25, 0.3) is 0 Å². The fraction of sp³-hybridized carbons (Fsp3) is 0. The average molecular weight is 355 g/mol. The first-order valence-electron chi connectivity index (χ1n) is 6.19. The predicted molar refractivity (Wildman–Crippen MR) is 90.6 cm³/mol. The molecule has 8 heteroatoms. The van der Waals surface area contributed by atoms with Crippen LogP contribution >= 0.6 is 34.8 Å². The van der Waals surface area contributed by atoms with Gasteiger partial charge in [0.15, 0.2) is 0 Å². The van der Waals surface area contributed by atoms with Gasteiger partial charge in [0.05, 0.1) is 15.7 Å². The van der Waals surface area contributed by atoms with Crippen molar-refractivity contribution < 1.29 is 0 Å². The molecule has 0 saturated heterocycles. The molecule has 112 valence electrons. The van der Waals surface area contributed by atoms with Crippen molar-refractivity contribution in [1.29, 1.82) is 0 Å². The molecule has 22 heavy (non-hydrogen) atoms. The first-order valence-corrected chi connectivity index (χ1v) is 7.33. The van der Waals surface area contributed by atoms with Gasteiger partial charge < -0.3 is 11.5 Å². The molecule has 5 nitrogen and oxygen atoms in total. The Balaban J connectivity index is 2.18. The van der Waals surface area contributed by atoms with Gasteiger partial charge in [0.1, 0.15) is 0 Å². The van der Waals surface area contributed by atoms with Crippen LogP contribution < -0.4 is 11.5 Å². The van der Waals surface area contributed by atoms with Crippen LogP contribution in [0.3, 0.4) is 0 Å². The summed E-state index contributed by atoms with van der Waals surface area (Å²) >= 11 is 19.0. The zero-order valence-corrected chi connectivity index (χ0v) is 13.4. The van der Waals surface area contributed by atoms with Gasteiger partial charge in [-0.15, -0.1) is 5.10 Å². The van der Waals surface area contributed by atoms with Crippen molar-refractivity contribution in [3.8, 4) is 16.8 Å². The van der Waals surface area contributed by atoms with Gasteiger partial charge in [0.2, 0.25) is 11.9 Å². The van der Waals surface area contributed by atoms with Crippen molar-refractivity contribution in [2.75, 3.05) is 11.5 Å². The Bertz CT molecular complexity index is 836. The van der Waals surface area contributed by atoms with Gasteiger partial charge in [-0.25, -0.2) is 0 Å². The van der Waals surface area contributed by atoms with Crippen LogP contribution in [-0.2, 0) is 0 Å². The molecule has 2 aromatic carbocycles. The number of nitrogens with zero attached hydrogens (tertiary/aromatic N) is 3. The van der Waals surface area contributed by atoms with E-state index in [1.165, 1.54) is 4.68 Å². The zero-order valence-electron chi connectivity index (χ0n) is 11.1. The Hall–Kier alpha value is -1.95. The van der Waals surface area contributed by atoms with Crippen molar-refractivity contribution in [3.63, 3.8) is 0 Å². The van der Waals surface area contributed by atoms with E-state index in [2.05, 4.69) is 10.1 Å². The molecule has 0 unspecified atom stereocenters. The highest BCUT2D eigenvalue weighted by atomic mass is 35.5. The number of benzene rings is 2. The van der Waals surface area contributed by atoms with Crippen LogP contribution in [0.2, 0.25) is 15.1 Å². The molecule has 0 aliphatic heterocycles. The summed E-state index contributed by atoms with van der Waals surface area (Å²) in [5, 5.41) is 5.40. The third kappa shape index (κ3) is 2.59. The van der Waals surface area contributed by atoms with Crippen molar-refractivity contribution in [1.82, 2.24) is 14.8 Å². The van der Waals surface area contributed by atoms with Crippen molar-refractivity contribution in [3.05, 3.63) is 51.5 Å². The number of hydrogen-bond donors (Lipinski definition) is 2. The van der Waals surface area contributed by atoms with Crippen molar-refractivity contribution in [2.24, 2.45) is 0 Å². The minimum absolute atomic E-state index is 0.0694. The highest BCUT2D eigenvalue weighted by molar-refractivity contribution is 6.41. The summed E-state index contributed by atoms with van der Waals surface area (Å²) in [5.74, 6) is 0.218. The maximum absolute atomic E-state index is 6.37. The van der Waals surface area contributed by atoms with E-state index in [1.54, 1.807) is 18.2 Å². The minimum atomic E-state index is 0.0694.